The van der Waals surface area contributed by atoms with E-state index in [9.17, 15) is 0 Å². The van der Waals surface area contributed by atoms with E-state index in [0.717, 1.165) is 0 Å². The van der Waals surface area contributed by atoms with E-state index in [1.54, 1.807) is 11.3 Å². The second-order valence-electron chi connectivity index (χ2n) is 2.22. The first-order chi connectivity index (χ1) is 4.45. The summed E-state index contributed by atoms with van der Waals surface area (Å²) in [5, 5.41) is 0. The molecule has 2 aliphatic carbocycles. The van der Waals surface area contributed by atoms with E-state index < -0.39 is 0 Å². The fourth-order valence-electron chi connectivity index (χ4n) is 1.15. The maximum absolute atomic E-state index is 4.22. The molecule has 0 aliphatic heterocycles. The molecular formula is C7H3NS. The van der Waals surface area contributed by atoms with Crippen LogP contribution in [0.4, 0.5) is 0 Å². The molecule has 0 amide bonds. The Bertz CT molecular complexity index is 389. The number of nitrogens with zero attached hydrogens (tertiary/aromatic N) is 1. The Balaban J connectivity index is 2.74. The molecule has 0 spiro atoms. The van der Waals surface area contributed by atoms with Gasteiger partial charge in [-0.3, -0.25) is 0 Å². The van der Waals surface area contributed by atoms with Gasteiger partial charge in [0.05, 0.1) is 15.7 Å². The van der Waals surface area contributed by atoms with Crippen LogP contribution in [0, 0.1) is 0 Å². The van der Waals surface area contributed by atoms with Gasteiger partial charge in [-0.2, -0.15) is 0 Å². The molecule has 2 heteroatoms. The van der Waals surface area contributed by atoms with Gasteiger partial charge in [0.2, 0.25) is 0 Å². The molecule has 1 aromatic rings. The SMILES string of the molecule is c1nc2c3cc-3cc2s1. The van der Waals surface area contributed by atoms with E-state index >= 15 is 0 Å². The Hall–Kier alpha value is -0.890. The monoisotopic (exact) mass is 133 g/mol. The van der Waals surface area contributed by atoms with Crippen LogP contribution in [0.25, 0.3) is 21.3 Å². The number of rotatable bonds is 0. The predicted octanol–water partition coefficient (Wildman–Crippen LogP) is 2.28. The molecule has 0 radical (unpaired) electrons. The first-order valence-electron chi connectivity index (χ1n) is 2.83. The lowest BCUT2D eigenvalue weighted by Crippen LogP contribution is -1.52. The molecule has 3 rings (SSSR count). The zero-order chi connectivity index (χ0) is 5.84. The second-order valence-corrected chi connectivity index (χ2v) is 3.11. The minimum Gasteiger partial charge on any atom is -0.244 e. The molecule has 0 saturated heterocycles. The molecule has 42 valence electrons. The molecule has 0 atom stereocenters. The molecule has 0 saturated carbocycles. The van der Waals surface area contributed by atoms with E-state index in [1.807, 2.05) is 5.51 Å². The molecule has 1 nitrogen and oxygen atoms in total. The fourth-order valence-corrected chi connectivity index (χ4v) is 1.89. The van der Waals surface area contributed by atoms with Crippen molar-refractivity contribution >= 4 is 21.6 Å². The third-order valence-corrected chi connectivity index (χ3v) is 2.44. The highest BCUT2D eigenvalue weighted by Gasteiger charge is 2.18. The van der Waals surface area contributed by atoms with Crippen LogP contribution in [-0.4, -0.2) is 4.98 Å². The summed E-state index contributed by atoms with van der Waals surface area (Å²) in [6.07, 6.45) is 0. The second kappa shape index (κ2) is 1.02. The van der Waals surface area contributed by atoms with Crippen LogP contribution >= 0.6 is 11.3 Å². The van der Waals surface area contributed by atoms with Crippen molar-refractivity contribution in [2.45, 2.75) is 0 Å². The number of benzene rings is 1. The minimum atomic E-state index is 1.20. The van der Waals surface area contributed by atoms with Gasteiger partial charge in [0.25, 0.3) is 0 Å². The van der Waals surface area contributed by atoms with E-state index in [2.05, 4.69) is 17.1 Å². The highest BCUT2D eigenvalue weighted by Crippen LogP contribution is 2.43. The Morgan fingerprint density at radius 1 is 1.33 bits per heavy atom. The van der Waals surface area contributed by atoms with Crippen molar-refractivity contribution in [3.8, 4) is 11.1 Å². The van der Waals surface area contributed by atoms with Gasteiger partial charge in [-0.15, -0.1) is 11.3 Å². The minimum absolute atomic E-state index is 1.20. The molecule has 0 bridgehead atoms. The van der Waals surface area contributed by atoms with E-state index in [4.69, 9.17) is 0 Å². The first kappa shape index (κ1) is 4.01. The number of hydrogen-bond donors (Lipinski definition) is 0. The van der Waals surface area contributed by atoms with Gasteiger partial charge >= 0.3 is 0 Å². The summed E-state index contributed by atoms with van der Waals surface area (Å²) in [6.45, 7) is 0. The number of thiazole rings is 1. The summed E-state index contributed by atoms with van der Waals surface area (Å²) in [5.41, 5.74) is 5.86. The lowest BCUT2D eigenvalue weighted by atomic mass is 10.5. The van der Waals surface area contributed by atoms with Crippen molar-refractivity contribution < 1.29 is 0 Å². The maximum atomic E-state index is 4.22. The van der Waals surface area contributed by atoms with Crippen LogP contribution in [-0.2, 0) is 0 Å². The van der Waals surface area contributed by atoms with Gasteiger partial charge in [-0.05, 0) is 17.7 Å². The summed E-state index contributed by atoms with van der Waals surface area (Å²) in [4.78, 5) is 4.22. The van der Waals surface area contributed by atoms with Crippen LogP contribution in [0.1, 0.15) is 0 Å². The van der Waals surface area contributed by atoms with Crippen LogP contribution in [0.5, 0.6) is 0 Å². The highest BCUT2D eigenvalue weighted by molar-refractivity contribution is 7.17. The van der Waals surface area contributed by atoms with Crippen molar-refractivity contribution in [2.24, 2.45) is 0 Å². The average molecular weight is 133 g/mol. The molecule has 0 N–H and O–H groups in total. The normalized spacial score (nSPS) is 12.4. The third kappa shape index (κ3) is 0.348. The largest absolute Gasteiger partial charge is 0.244 e. The van der Waals surface area contributed by atoms with E-state index in [-0.39, 0.29) is 0 Å². The summed E-state index contributed by atoms with van der Waals surface area (Å²) in [5.74, 6) is 0. The zero-order valence-corrected chi connectivity index (χ0v) is 5.40. The summed E-state index contributed by atoms with van der Waals surface area (Å²) in [7, 11) is 0. The zero-order valence-electron chi connectivity index (χ0n) is 4.59. The Kier molecular flexibility index (Phi) is 0.456. The fraction of sp³-hybridized carbons (Fsp3) is 0. The van der Waals surface area contributed by atoms with Crippen LogP contribution in [0.15, 0.2) is 17.6 Å². The Labute approximate surface area is 56.0 Å². The molecule has 0 aromatic carbocycles. The van der Waals surface area contributed by atoms with Crippen LogP contribution in [0.2, 0.25) is 0 Å². The number of fused-ring (bicyclic) bond motifs is 3. The Morgan fingerprint density at radius 3 is 3.22 bits per heavy atom. The van der Waals surface area contributed by atoms with Gasteiger partial charge in [0, 0.05) is 5.56 Å². The van der Waals surface area contributed by atoms with Gasteiger partial charge in [-0.1, -0.05) is 0 Å². The molecule has 9 heavy (non-hydrogen) atoms. The summed E-state index contributed by atoms with van der Waals surface area (Å²) >= 11 is 1.72. The van der Waals surface area contributed by atoms with Crippen LogP contribution in [0.3, 0.4) is 0 Å². The number of aromatic nitrogens is 1. The van der Waals surface area contributed by atoms with Gasteiger partial charge in [0.15, 0.2) is 0 Å². The van der Waals surface area contributed by atoms with E-state index in [1.165, 1.54) is 21.3 Å². The molecule has 1 heterocycles. The van der Waals surface area contributed by atoms with Gasteiger partial charge in [-0.25, -0.2) is 4.98 Å². The molecule has 0 unspecified atom stereocenters. The van der Waals surface area contributed by atoms with Crippen molar-refractivity contribution in [1.82, 2.24) is 4.98 Å². The smallest absolute Gasteiger partial charge is 0.0890 e. The van der Waals surface area contributed by atoms with Gasteiger partial charge < -0.3 is 0 Å². The maximum Gasteiger partial charge on any atom is 0.0890 e. The average Bonchev–Trinajstić information content (AvgIpc) is 2.38. The summed E-state index contributed by atoms with van der Waals surface area (Å²) < 4.78 is 1.34. The van der Waals surface area contributed by atoms with Crippen LogP contribution < -0.4 is 0 Å². The van der Waals surface area contributed by atoms with Crippen molar-refractivity contribution in [3.05, 3.63) is 17.6 Å². The van der Waals surface area contributed by atoms with E-state index in [0.29, 0.717) is 0 Å². The predicted molar refractivity (Wildman–Crippen MR) is 38.6 cm³/mol. The highest BCUT2D eigenvalue weighted by atomic mass is 32.1. The van der Waals surface area contributed by atoms with Crippen molar-refractivity contribution in [3.63, 3.8) is 0 Å². The van der Waals surface area contributed by atoms with Crippen molar-refractivity contribution in [2.75, 3.05) is 0 Å². The first-order valence-corrected chi connectivity index (χ1v) is 3.71. The quantitative estimate of drug-likeness (QED) is 0.458. The lowest BCUT2D eigenvalue weighted by molar-refractivity contribution is 1.52. The third-order valence-electron chi connectivity index (χ3n) is 1.66. The topological polar surface area (TPSA) is 12.9 Å². The molecule has 1 aromatic heterocycles. The van der Waals surface area contributed by atoms with Gasteiger partial charge in [0.1, 0.15) is 0 Å². The molecular weight excluding hydrogens is 130 g/mol. The lowest BCUT2D eigenvalue weighted by Gasteiger charge is -1.67. The molecule has 2 aliphatic rings. The molecule has 0 fully saturated rings. The Morgan fingerprint density at radius 2 is 2.33 bits per heavy atom. The van der Waals surface area contributed by atoms with Crippen molar-refractivity contribution in [1.29, 1.82) is 0 Å². The standard InChI is InChI=1S/C7H3NS/c1-4-2-6-7(5(1)4)8-3-9-6/h1-3H. The summed E-state index contributed by atoms with van der Waals surface area (Å²) in [6, 6.07) is 4.37. The number of hydrogen-bond acceptors (Lipinski definition) is 2.